The molecule has 3 rings (SSSR count). The van der Waals surface area contributed by atoms with Gasteiger partial charge in [-0.05, 0) is 32.1 Å². The van der Waals surface area contributed by atoms with E-state index in [2.05, 4.69) is 24.4 Å². The molecular formula is C26H39NO7. The lowest BCUT2D eigenvalue weighted by Gasteiger charge is -2.53. The lowest BCUT2D eigenvalue weighted by Crippen LogP contribution is -2.61. The number of hydrogen-bond acceptors (Lipinski definition) is 7. The average molecular weight is 478 g/mol. The summed E-state index contributed by atoms with van der Waals surface area (Å²) in [7, 11) is 0. The van der Waals surface area contributed by atoms with Crippen molar-refractivity contribution < 1.29 is 34.4 Å². The van der Waals surface area contributed by atoms with E-state index >= 15 is 0 Å². The zero-order chi connectivity index (χ0) is 24.8. The summed E-state index contributed by atoms with van der Waals surface area (Å²) in [4.78, 5) is 36.1. The minimum absolute atomic E-state index is 0.0466. The number of carboxylic acids is 1. The largest absolute Gasteiger partial charge is 0.481 e. The standard InChI is InChI=1S/C26H39NO7/c1-2-3-7-10-18-21(15-20(29)19(28)11-8-5-4-6-9-12-24(31)32)34-26(33)17-25(18)13-14-27-22(25)16-23(26)30/h3,7,16,18-19,21,27-28,33H,2,4-6,8-15,17H2,1H3,(H,31,32)/b7-3-/t18-,19+,21-,25?,26-/m0/s1. The number of aliphatic hydroxyl groups is 2. The molecule has 1 unspecified atom stereocenters. The van der Waals surface area contributed by atoms with Crippen molar-refractivity contribution in [3.63, 3.8) is 0 Å². The molecule has 0 radical (unpaired) electrons. The van der Waals surface area contributed by atoms with Crippen LogP contribution < -0.4 is 5.32 Å². The van der Waals surface area contributed by atoms with Gasteiger partial charge in [-0.3, -0.25) is 14.4 Å². The van der Waals surface area contributed by atoms with E-state index in [-0.39, 0.29) is 31.0 Å². The first-order valence-corrected chi connectivity index (χ1v) is 12.7. The molecule has 0 aromatic heterocycles. The molecule has 1 aliphatic carbocycles. The number of rotatable bonds is 14. The SMILES string of the molecule is CC/C=C\C[C@H]1[C@H](CC(=O)[C@H](O)CCCCCCCC(=O)O)O[C@@]2(O)CC13CCNC3=CC2=O. The van der Waals surface area contributed by atoms with Gasteiger partial charge in [-0.25, -0.2) is 0 Å². The van der Waals surface area contributed by atoms with Crippen LogP contribution in [0.3, 0.4) is 0 Å². The topological polar surface area (TPSA) is 133 Å². The van der Waals surface area contributed by atoms with Gasteiger partial charge in [0.25, 0.3) is 0 Å². The maximum atomic E-state index is 12.9. The fourth-order valence-electron chi connectivity index (χ4n) is 5.78. The van der Waals surface area contributed by atoms with Crippen molar-refractivity contribution >= 4 is 17.5 Å². The van der Waals surface area contributed by atoms with Gasteiger partial charge in [0, 0.05) is 48.9 Å². The molecule has 8 heteroatoms. The number of nitrogens with one attached hydrogen (secondary N) is 1. The van der Waals surface area contributed by atoms with Gasteiger partial charge in [-0.2, -0.15) is 0 Å². The molecule has 1 spiro atoms. The predicted octanol–water partition coefficient (Wildman–Crippen LogP) is 3.02. The van der Waals surface area contributed by atoms with Gasteiger partial charge in [0.2, 0.25) is 11.6 Å². The highest BCUT2D eigenvalue weighted by Crippen LogP contribution is 2.57. The van der Waals surface area contributed by atoms with Gasteiger partial charge < -0.3 is 25.4 Å². The van der Waals surface area contributed by atoms with Crippen molar-refractivity contribution in [3.8, 4) is 0 Å². The minimum Gasteiger partial charge on any atom is -0.481 e. The molecule has 190 valence electrons. The molecule has 2 fully saturated rings. The van der Waals surface area contributed by atoms with E-state index in [1.165, 1.54) is 6.08 Å². The van der Waals surface area contributed by atoms with Crippen LogP contribution in [0.15, 0.2) is 23.9 Å². The zero-order valence-electron chi connectivity index (χ0n) is 20.1. The van der Waals surface area contributed by atoms with Gasteiger partial charge in [0.1, 0.15) is 6.10 Å². The Hall–Kier alpha value is -2.03. The molecule has 0 aromatic carbocycles. The number of aliphatic carboxylic acids is 1. The summed E-state index contributed by atoms with van der Waals surface area (Å²) in [5.41, 5.74) is 0.395. The number of carbonyl (C=O) groups is 3. The first-order valence-electron chi connectivity index (χ1n) is 12.7. The molecular weight excluding hydrogens is 438 g/mol. The van der Waals surface area contributed by atoms with Crippen molar-refractivity contribution in [2.24, 2.45) is 11.3 Å². The lowest BCUT2D eigenvalue weighted by atomic mass is 9.59. The number of Topliss-reactive ketones (excluding diaryl/α,β-unsaturated/α-hetero) is 1. The monoisotopic (exact) mass is 477 g/mol. The van der Waals surface area contributed by atoms with Crippen molar-refractivity contribution in [1.82, 2.24) is 5.32 Å². The summed E-state index contributed by atoms with van der Waals surface area (Å²) in [5, 5.41) is 33.5. The van der Waals surface area contributed by atoms with Gasteiger partial charge in [-0.1, -0.05) is 44.8 Å². The number of fused-ring (bicyclic) bond motifs is 1. The molecule has 2 aliphatic heterocycles. The van der Waals surface area contributed by atoms with Crippen LogP contribution in [-0.2, 0) is 19.1 Å². The normalized spacial score (nSPS) is 31.1. The van der Waals surface area contributed by atoms with E-state index in [9.17, 15) is 24.6 Å². The Labute approximate surface area is 201 Å². The number of allylic oxidation sites excluding steroid dienone is 3. The maximum Gasteiger partial charge on any atom is 0.303 e. The van der Waals surface area contributed by atoms with Gasteiger partial charge in [0.05, 0.1) is 6.10 Å². The Kier molecular flexibility index (Phi) is 9.07. The Morgan fingerprint density at radius 1 is 1.24 bits per heavy atom. The molecule has 5 atom stereocenters. The average Bonchev–Trinajstić information content (AvgIpc) is 3.16. The van der Waals surface area contributed by atoms with Crippen molar-refractivity contribution in [3.05, 3.63) is 23.9 Å². The first kappa shape index (κ1) is 26.6. The lowest BCUT2D eigenvalue weighted by molar-refractivity contribution is -0.278. The number of ether oxygens (including phenoxy) is 1. The Balaban J connectivity index is 1.62. The number of hydrogen-bond donors (Lipinski definition) is 4. The van der Waals surface area contributed by atoms with Crippen molar-refractivity contribution in [1.29, 1.82) is 0 Å². The summed E-state index contributed by atoms with van der Waals surface area (Å²) in [5.74, 6) is -3.62. The van der Waals surface area contributed by atoms with Gasteiger partial charge in [-0.15, -0.1) is 0 Å². The molecule has 0 aromatic rings. The van der Waals surface area contributed by atoms with Crippen LogP contribution in [0.1, 0.15) is 84.0 Å². The minimum atomic E-state index is -1.92. The highest BCUT2D eigenvalue weighted by atomic mass is 16.6. The fraction of sp³-hybridized carbons (Fsp3) is 0.731. The second-order valence-electron chi connectivity index (χ2n) is 9.98. The Bertz CT molecular complexity index is 822. The summed E-state index contributed by atoms with van der Waals surface area (Å²) in [6, 6.07) is 0. The fourth-order valence-corrected chi connectivity index (χ4v) is 5.78. The molecule has 2 heterocycles. The van der Waals surface area contributed by atoms with Crippen molar-refractivity contribution in [2.75, 3.05) is 6.54 Å². The highest BCUT2D eigenvalue weighted by molar-refractivity contribution is 5.98. The van der Waals surface area contributed by atoms with E-state index in [1.54, 1.807) is 0 Å². The third-order valence-electron chi connectivity index (χ3n) is 7.58. The quantitative estimate of drug-likeness (QED) is 0.222. The van der Waals surface area contributed by atoms with Crippen LogP contribution in [0.5, 0.6) is 0 Å². The van der Waals surface area contributed by atoms with Crippen LogP contribution in [0.25, 0.3) is 0 Å². The maximum absolute atomic E-state index is 12.9. The highest BCUT2D eigenvalue weighted by Gasteiger charge is 2.62. The smallest absolute Gasteiger partial charge is 0.303 e. The summed E-state index contributed by atoms with van der Waals surface area (Å²) >= 11 is 0. The van der Waals surface area contributed by atoms with Crippen LogP contribution in [-0.4, -0.2) is 57.4 Å². The molecule has 2 bridgehead atoms. The van der Waals surface area contributed by atoms with Crippen molar-refractivity contribution in [2.45, 2.75) is 102 Å². The van der Waals surface area contributed by atoms with E-state index in [1.807, 2.05) is 0 Å². The molecule has 3 aliphatic rings. The second kappa shape index (κ2) is 11.6. The third-order valence-corrected chi connectivity index (χ3v) is 7.58. The summed E-state index contributed by atoms with van der Waals surface area (Å²) < 4.78 is 5.93. The molecule has 4 N–H and O–H groups in total. The second-order valence-corrected chi connectivity index (χ2v) is 9.98. The van der Waals surface area contributed by atoms with Crippen LogP contribution in [0, 0.1) is 11.3 Å². The van der Waals surface area contributed by atoms with E-state index < -0.39 is 35.2 Å². The Morgan fingerprint density at radius 2 is 1.97 bits per heavy atom. The van der Waals surface area contributed by atoms with Gasteiger partial charge in [0.15, 0.2) is 5.78 Å². The zero-order valence-corrected chi connectivity index (χ0v) is 20.1. The molecule has 2 saturated heterocycles. The van der Waals surface area contributed by atoms with E-state index in [0.717, 1.165) is 37.8 Å². The number of carboxylic acid groups (broad SMARTS) is 1. The predicted molar refractivity (Wildman–Crippen MR) is 126 cm³/mol. The van der Waals surface area contributed by atoms with Gasteiger partial charge >= 0.3 is 5.97 Å². The summed E-state index contributed by atoms with van der Waals surface area (Å²) in [6.07, 6.45) is 10.6. The van der Waals surface area contributed by atoms with Crippen LogP contribution >= 0.6 is 0 Å². The summed E-state index contributed by atoms with van der Waals surface area (Å²) in [6.45, 7) is 2.76. The third kappa shape index (κ3) is 5.96. The number of unbranched alkanes of at least 4 members (excludes halogenated alkanes) is 4. The Morgan fingerprint density at radius 3 is 2.71 bits per heavy atom. The molecule has 8 nitrogen and oxygen atoms in total. The molecule has 0 amide bonds. The number of carbonyl (C=O) groups excluding carboxylic acids is 2. The first-order chi connectivity index (χ1) is 16.2. The van der Waals surface area contributed by atoms with Crippen LogP contribution in [0.4, 0.5) is 0 Å². The van der Waals surface area contributed by atoms with E-state index in [4.69, 9.17) is 9.84 Å². The molecule has 34 heavy (non-hydrogen) atoms. The molecule has 0 saturated carbocycles. The number of ketones is 2. The van der Waals surface area contributed by atoms with E-state index in [0.29, 0.717) is 32.2 Å². The van der Waals surface area contributed by atoms with Crippen LogP contribution in [0.2, 0.25) is 0 Å². The number of aliphatic hydroxyl groups excluding tert-OH is 1.